The van der Waals surface area contributed by atoms with Crippen LogP contribution in [0.4, 0.5) is 0 Å². The Morgan fingerprint density at radius 2 is 2.32 bits per heavy atom. The highest BCUT2D eigenvalue weighted by atomic mass is 16.1. The largest absolute Gasteiger partial charge is 0.351 e. The number of rotatable bonds is 5. The molecule has 2 fully saturated rings. The lowest BCUT2D eigenvalue weighted by molar-refractivity contribution is 0.0945. The zero-order valence-corrected chi connectivity index (χ0v) is 11.2. The molecule has 0 radical (unpaired) electrons. The molecule has 2 heterocycles. The Kier molecular flexibility index (Phi) is 3.82. The summed E-state index contributed by atoms with van der Waals surface area (Å²) in [7, 11) is 0. The molecule has 2 aliphatic rings. The summed E-state index contributed by atoms with van der Waals surface area (Å²) in [5.41, 5.74) is 1.64. The van der Waals surface area contributed by atoms with Gasteiger partial charge in [0.25, 0.3) is 5.91 Å². The zero-order chi connectivity index (χ0) is 13.1. The molecule has 1 atom stereocenters. The number of carbonyl (C=O) groups excluding carboxylic acids is 1. The summed E-state index contributed by atoms with van der Waals surface area (Å²) >= 11 is 0. The lowest BCUT2D eigenvalue weighted by atomic mass is 9.96. The average molecular weight is 262 g/mol. The van der Waals surface area contributed by atoms with E-state index in [0.29, 0.717) is 17.5 Å². The maximum absolute atomic E-state index is 11.9. The number of amides is 1. The van der Waals surface area contributed by atoms with Crippen LogP contribution >= 0.6 is 0 Å². The molecule has 19 heavy (non-hydrogen) atoms. The van der Waals surface area contributed by atoms with Gasteiger partial charge in [0.1, 0.15) is 5.69 Å². The van der Waals surface area contributed by atoms with Crippen molar-refractivity contribution in [2.75, 3.05) is 19.6 Å². The minimum atomic E-state index is -0.0491. The smallest absolute Gasteiger partial charge is 0.271 e. The molecule has 1 aliphatic carbocycles. The van der Waals surface area contributed by atoms with E-state index >= 15 is 0 Å². The number of carbonyl (C=O) groups is 1. The molecule has 1 unspecified atom stereocenters. The Hall–Kier alpha value is -1.36. The van der Waals surface area contributed by atoms with E-state index in [1.165, 1.54) is 25.7 Å². The molecule has 1 aliphatic heterocycles. The molecule has 1 aromatic rings. The van der Waals surface area contributed by atoms with Gasteiger partial charge in [0, 0.05) is 18.2 Å². The predicted molar refractivity (Wildman–Crippen MR) is 73.1 cm³/mol. The summed E-state index contributed by atoms with van der Waals surface area (Å²) < 4.78 is 0. The van der Waals surface area contributed by atoms with Gasteiger partial charge in [0.15, 0.2) is 0 Å². The summed E-state index contributed by atoms with van der Waals surface area (Å²) in [5, 5.41) is 13.4. The van der Waals surface area contributed by atoms with Crippen LogP contribution < -0.4 is 10.6 Å². The van der Waals surface area contributed by atoms with Crippen molar-refractivity contribution in [2.45, 2.75) is 38.0 Å². The average Bonchev–Trinajstić information content (AvgIpc) is 3.17. The molecular formula is C14H22N4O. The van der Waals surface area contributed by atoms with Gasteiger partial charge in [-0.15, -0.1) is 0 Å². The van der Waals surface area contributed by atoms with E-state index in [1.807, 2.05) is 6.07 Å². The van der Waals surface area contributed by atoms with Crippen molar-refractivity contribution in [3.63, 3.8) is 0 Å². The highest BCUT2D eigenvalue weighted by Crippen LogP contribution is 2.38. The van der Waals surface area contributed by atoms with Crippen LogP contribution in [0.25, 0.3) is 0 Å². The molecule has 0 aromatic carbocycles. The molecule has 104 valence electrons. The Bertz CT molecular complexity index is 432. The standard InChI is InChI=1S/C14H22N4O/c19-14(13-8-12(17-18-13)11-3-4-11)16-7-5-10-2-1-6-15-9-10/h8,10-11,15H,1-7,9H2,(H,16,19)(H,17,18). The minimum absolute atomic E-state index is 0.0491. The third-order valence-electron chi connectivity index (χ3n) is 4.08. The third kappa shape index (κ3) is 3.35. The SMILES string of the molecule is O=C(NCCC1CCCNC1)c1cc(C2CC2)[nH]n1. The molecule has 1 saturated heterocycles. The molecule has 3 rings (SSSR count). The summed E-state index contributed by atoms with van der Waals surface area (Å²) in [6.45, 7) is 2.97. The molecule has 5 nitrogen and oxygen atoms in total. The molecule has 3 N–H and O–H groups in total. The van der Waals surface area contributed by atoms with Gasteiger partial charge in [-0.05, 0) is 57.2 Å². The topological polar surface area (TPSA) is 69.8 Å². The Morgan fingerprint density at radius 3 is 3.05 bits per heavy atom. The first-order chi connectivity index (χ1) is 9.33. The number of piperidine rings is 1. The highest BCUT2D eigenvalue weighted by Gasteiger charge is 2.26. The van der Waals surface area contributed by atoms with Crippen LogP contribution in [0.5, 0.6) is 0 Å². The Labute approximate surface area is 113 Å². The van der Waals surface area contributed by atoms with Gasteiger partial charge >= 0.3 is 0 Å². The molecule has 0 bridgehead atoms. The van der Waals surface area contributed by atoms with E-state index < -0.39 is 0 Å². The lowest BCUT2D eigenvalue weighted by Gasteiger charge is -2.22. The zero-order valence-electron chi connectivity index (χ0n) is 11.2. The molecule has 0 spiro atoms. The first kappa shape index (κ1) is 12.7. The third-order valence-corrected chi connectivity index (χ3v) is 4.08. The van der Waals surface area contributed by atoms with Gasteiger partial charge in [-0.3, -0.25) is 9.89 Å². The van der Waals surface area contributed by atoms with Crippen LogP contribution in [-0.2, 0) is 0 Å². The molecule has 1 amide bonds. The highest BCUT2D eigenvalue weighted by molar-refractivity contribution is 5.92. The van der Waals surface area contributed by atoms with Gasteiger partial charge < -0.3 is 10.6 Å². The van der Waals surface area contributed by atoms with Gasteiger partial charge in [0.05, 0.1) is 0 Å². The second-order valence-corrected chi connectivity index (χ2v) is 5.74. The number of nitrogens with one attached hydrogen (secondary N) is 3. The molecule has 5 heteroatoms. The van der Waals surface area contributed by atoms with Crippen molar-refractivity contribution in [2.24, 2.45) is 5.92 Å². The Morgan fingerprint density at radius 1 is 1.42 bits per heavy atom. The quantitative estimate of drug-likeness (QED) is 0.751. The second kappa shape index (κ2) is 5.74. The van der Waals surface area contributed by atoms with Crippen LogP contribution in [-0.4, -0.2) is 35.7 Å². The van der Waals surface area contributed by atoms with Crippen LogP contribution in [0.2, 0.25) is 0 Å². The van der Waals surface area contributed by atoms with Crippen LogP contribution in [0.1, 0.15) is 54.2 Å². The van der Waals surface area contributed by atoms with E-state index in [2.05, 4.69) is 20.8 Å². The maximum Gasteiger partial charge on any atom is 0.271 e. The van der Waals surface area contributed by atoms with Crippen molar-refractivity contribution in [3.05, 3.63) is 17.5 Å². The van der Waals surface area contributed by atoms with E-state index in [9.17, 15) is 4.79 Å². The number of hydrogen-bond acceptors (Lipinski definition) is 3. The van der Waals surface area contributed by atoms with Gasteiger partial charge in [0.2, 0.25) is 0 Å². The monoisotopic (exact) mass is 262 g/mol. The second-order valence-electron chi connectivity index (χ2n) is 5.74. The summed E-state index contributed by atoms with van der Waals surface area (Å²) in [5.74, 6) is 1.27. The van der Waals surface area contributed by atoms with Gasteiger partial charge in [-0.25, -0.2) is 0 Å². The number of aromatic nitrogens is 2. The number of nitrogens with zero attached hydrogens (tertiary/aromatic N) is 1. The fourth-order valence-corrected chi connectivity index (χ4v) is 2.71. The van der Waals surface area contributed by atoms with E-state index in [1.54, 1.807) is 0 Å². The summed E-state index contributed by atoms with van der Waals surface area (Å²) in [6, 6.07) is 1.90. The molecule has 1 aromatic heterocycles. The van der Waals surface area contributed by atoms with Crippen LogP contribution in [0.15, 0.2) is 6.07 Å². The molecular weight excluding hydrogens is 240 g/mol. The number of hydrogen-bond donors (Lipinski definition) is 3. The van der Waals surface area contributed by atoms with Crippen molar-refractivity contribution >= 4 is 5.91 Å². The fraction of sp³-hybridized carbons (Fsp3) is 0.714. The fourth-order valence-electron chi connectivity index (χ4n) is 2.71. The van der Waals surface area contributed by atoms with Crippen molar-refractivity contribution in [1.82, 2.24) is 20.8 Å². The minimum Gasteiger partial charge on any atom is -0.351 e. The van der Waals surface area contributed by atoms with Crippen molar-refractivity contribution < 1.29 is 4.79 Å². The number of aromatic amines is 1. The van der Waals surface area contributed by atoms with Crippen molar-refractivity contribution in [3.8, 4) is 0 Å². The van der Waals surface area contributed by atoms with E-state index in [0.717, 1.165) is 31.7 Å². The van der Waals surface area contributed by atoms with Gasteiger partial charge in [-0.2, -0.15) is 5.10 Å². The van der Waals surface area contributed by atoms with Gasteiger partial charge in [-0.1, -0.05) is 0 Å². The number of H-pyrrole nitrogens is 1. The summed E-state index contributed by atoms with van der Waals surface area (Å²) in [6.07, 6.45) is 6.02. The van der Waals surface area contributed by atoms with E-state index in [4.69, 9.17) is 0 Å². The predicted octanol–water partition coefficient (Wildman–Crippen LogP) is 1.41. The van der Waals surface area contributed by atoms with Crippen molar-refractivity contribution in [1.29, 1.82) is 0 Å². The lowest BCUT2D eigenvalue weighted by Crippen LogP contribution is -2.33. The van der Waals surface area contributed by atoms with Crippen LogP contribution in [0.3, 0.4) is 0 Å². The van der Waals surface area contributed by atoms with E-state index in [-0.39, 0.29) is 5.91 Å². The summed E-state index contributed by atoms with van der Waals surface area (Å²) in [4.78, 5) is 11.9. The first-order valence-electron chi connectivity index (χ1n) is 7.37. The normalized spacial score (nSPS) is 23.3. The van der Waals surface area contributed by atoms with Crippen LogP contribution in [0, 0.1) is 5.92 Å². The first-order valence-corrected chi connectivity index (χ1v) is 7.37. The Balaban J connectivity index is 1.42. The molecule has 1 saturated carbocycles. The maximum atomic E-state index is 11.9.